The van der Waals surface area contributed by atoms with Gasteiger partial charge in [0, 0.05) is 33.1 Å². The lowest BCUT2D eigenvalue weighted by molar-refractivity contribution is -0.157. The second-order valence-electron chi connectivity index (χ2n) is 15.1. The monoisotopic (exact) mass is 744 g/mol. The molecule has 3 heterocycles. The van der Waals surface area contributed by atoms with E-state index in [4.69, 9.17) is 5.73 Å². The zero-order valence-corrected chi connectivity index (χ0v) is 31.8. The minimum Gasteiger partial charge on any atom is -0.480 e. The summed E-state index contributed by atoms with van der Waals surface area (Å²) in [6, 6.07) is 13.4. The Hall–Kier alpha value is -4.78. The number of nitrogens with zero attached hydrogens (tertiary/aromatic N) is 4. The molecule has 1 unspecified atom stereocenters. The predicted molar refractivity (Wildman–Crippen MR) is 203 cm³/mol. The first-order valence-corrected chi connectivity index (χ1v) is 19.5. The molecule has 0 aromatic heterocycles. The molecule has 54 heavy (non-hydrogen) atoms. The number of carbonyl (C=O) groups is 6. The third-order valence-corrected chi connectivity index (χ3v) is 11.5. The minimum atomic E-state index is -1.07. The maximum Gasteiger partial charge on any atom is 0.326 e. The van der Waals surface area contributed by atoms with Crippen molar-refractivity contribution in [2.24, 2.45) is 11.7 Å². The molecular formula is C41H56N6O7. The number of aliphatic carboxylic acids is 1. The Kier molecular flexibility index (Phi) is 13.8. The summed E-state index contributed by atoms with van der Waals surface area (Å²) in [7, 11) is 1.56. The number of amides is 5. The van der Waals surface area contributed by atoms with Crippen molar-refractivity contribution in [2.45, 2.75) is 114 Å². The third kappa shape index (κ3) is 9.29. The number of carbonyl (C=O) groups excluding carboxylic acids is 5. The molecule has 13 heteroatoms. The van der Waals surface area contributed by atoms with Crippen LogP contribution in [0.4, 0.5) is 0 Å². The standard InChI is InChI=1S/C41H56N6O7/c1-4-27(2)35(43-36(48)30(42)25-28-15-7-5-8-16-28)40(52)46-23-13-20-32(46)38(50)45-22-12-11-19-31(45)37(49)44(3)34(26-29-17-9-6-10-18-29)39(51)47-24-14-21-33(47)41(53)54/h5-10,15-18,27,30-35H,4,11-14,19-26,42H2,1-3H3,(H,43,48)(H,53,54)/t27?,30-,31+,32-,33+,34-,35+/m1/s1. The topological polar surface area (TPSA) is 174 Å². The Morgan fingerprint density at radius 1 is 0.759 bits per heavy atom. The lowest BCUT2D eigenvalue weighted by Gasteiger charge is -2.41. The van der Waals surface area contributed by atoms with Crippen molar-refractivity contribution >= 4 is 35.5 Å². The average Bonchev–Trinajstić information content (AvgIpc) is 3.89. The molecule has 292 valence electrons. The van der Waals surface area contributed by atoms with Crippen LogP contribution in [-0.2, 0) is 41.6 Å². The lowest BCUT2D eigenvalue weighted by Crippen LogP contribution is -2.61. The first kappa shape index (κ1) is 40.4. The molecule has 0 aliphatic carbocycles. The lowest BCUT2D eigenvalue weighted by atomic mass is 9.95. The summed E-state index contributed by atoms with van der Waals surface area (Å²) in [5.74, 6) is -3.22. The highest BCUT2D eigenvalue weighted by Crippen LogP contribution is 2.28. The summed E-state index contributed by atoms with van der Waals surface area (Å²) in [4.78, 5) is 88.6. The van der Waals surface area contributed by atoms with Gasteiger partial charge in [-0.25, -0.2) is 4.79 Å². The van der Waals surface area contributed by atoms with Gasteiger partial charge in [0.15, 0.2) is 0 Å². The van der Waals surface area contributed by atoms with Gasteiger partial charge in [-0.3, -0.25) is 24.0 Å². The summed E-state index contributed by atoms with van der Waals surface area (Å²) >= 11 is 0. The number of rotatable bonds is 14. The Balaban J connectivity index is 1.33. The van der Waals surface area contributed by atoms with Gasteiger partial charge in [0.05, 0.1) is 6.04 Å². The van der Waals surface area contributed by atoms with Crippen molar-refractivity contribution in [2.75, 3.05) is 26.7 Å². The van der Waals surface area contributed by atoms with Gasteiger partial charge in [-0.05, 0) is 68.4 Å². The molecule has 3 aliphatic rings. The van der Waals surface area contributed by atoms with Gasteiger partial charge >= 0.3 is 5.97 Å². The Morgan fingerprint density at radius 3 is 1.89 bits per heavy atom. The van der Waals surface area contributed by atoms with Crippen LogP contribution in [0, 0.1) is 5.92 Å². The van der Waals surface area contributed by atoms with Crippen LogP contribution >= 0.6 is 0 Å². The Bertz CT molecular complexity index is 1640. The first-order chi connectivity index (χ1) is 25.9. The van der Waals surface area contributed by atoms with Crippen molar-refractivity contribution in [3.05, 3.63) is 71.8 Å². The van der Waals surface area contributed by atoms with Crippen molar-refractivity contribution in [3.63, 3.8) is 0 Å². The number of likely N-dealkylation sites (tertiary alicyclic amines) is 3. The highest BCUT2D eigenvalue weighted by molar-refractivity contribution is 5.97. The number of likely N-dealkylation sites (N-methyl/N-ethyl adjacent to an activating group) is 1. The molecule has 3 saturated heterocycles. The van der Waals surface area contributed by atoms with Crippen molar-refractivity contribution < 1.29 is 33.9 Å². The Morgan fingerprint density at radius 2 is 1.30 bits per heavy atom. The first-order valence-electron chi connectivity index (χ1n) is 19.5. The second-order valence-corrected chi connectivity index (χ2v) is 15.1. The van der Waals surface area contributed by atoms with E-state index in [-0.39, 0.29) is 24.2 Å². The highest BCUT2D eigenvalue weighted by atomic mass is 16.4. The molecule has 3 aliphatic heterocycles. The van der Waals surface area contributed by atoms with Crippen molar-refractivity contribution in [3.8, 4) is 0 Å². The molecule has 7 atom stereocenters. The van der Waals surface area contributed by atoms with Gasteiger partial charge in [0.25, 0.3) is 0 Å². The van der Waals surface area contributed by atoms with Crippen LogP contribution in [0.2, 0.25) is 0 Å². The van der Waals surface area contributed by atoms with Crippen molar-refractivity contribution in [1.29, 1.82) is 0 Å². The van der Waals surface area contributed by atoms with E-state index in [1.807, 2.05) is 74.5 Å². The summed E-state index contributed by atoms with van der Waals surface area (Å²) < 4.78 is 0. The molecule has 0 spiro atoms. The van der Waals surface area contributed by atoms with Crippen LogP contribution in [0.15, 0.2) is 60.7 Å². The molecular weight excluding hydrogens is 688 g/mol. The molecule has 13 nitrogen and oxygen atoms in total. The van der Waals surface area contributed by atoms with E-state index >= 15 is 0 Å². The van der Waals surface area contributed by atoms with E-state index < -0.39 is 59.9 Å². The van der Waals surface area contributed by atoms with Gasteiger partial charge in [-0.2, -0.15) is 0 Å². The normalized spacial score (nSPS) is 22.2. The second kappa shape index (κ2) is 18.5. The summed E-state index contributed by atoms with van der Waals surface area (Å²) in [5.41, 5.74) is 8.02. The fourth-order valence-corrected chi connectivity index (χ4v) is 8.11. The summed E-state index contributed by atoms with van der Waals surface area (Å²) in [5, 5.41) is 12.8. The molecule has 2 aromatic carbocycles. The molecule has 3 fully saturated rings. The number of carboxylic acid groups (broad SMARTS) is 1. The maximum absolute atomic E-state index is 14.5. The number of hydrogen-bond acceptors (Lipinski definition) is 7. The van der Waals surface area contributed by atoms with Crippen LogP contribution in [-0.4, -0.2) is 123 Å². The highest BCUT2D eigenvalue weighted by Gasteiger charge is 2.46. The van der Waals surface area contributed by atoms with Crippen LogP contribution in [0.1, 0.15) is 76.3 Å². The van der Waals surface area contributed by atoms with E-state index in [9.17, 15) is 33.9 Å². The third-order valence-electron chi connectivity index (χ3n) is 11.5. The van der Waals surface area contributed by atoms with Gasteiger partial charge in [-0.1, -0.05) is 80.9 Å². The van der Waals surface area contributed by atoms with Crippen LogP contribution < -0.4 is 11.1 Å². The molecule has 2 aromatic rings. The average molecular weight is 745 g/mol. The molecule has 0 bridgehead atoms. The van der Waals surface area contributed by atoms with Crippen LogP contribution in [0.25, 0.3) is 0 Å². The molecule has 4 N–H and O–H groups in total. The molecule has 5 rings (SSSR count). The largest absolute Gasteiger partial charge is 0.480 e. The quantitative estimate of drug-likeness (QED) is 0.265. The number of piperidine rings is 1. The number of hydrogen-bond donors (Lipinski definition) is 3. The summed E-state index contributed by atoms with van der Waals surface area (Å²) in [6.07, 6.45) is 4.82. The molecule has 5 amide bonds. The van der Waals surface area contributed by atoms with E-state index in [1.165, 1.54) is 9.80 Å². The smallest absolute Gasteiger partial charge is 0.326 e. The van der Waals surface area contributed by atoms with Gasteiger partial charge in [0.2, 0.25) is 29.5 Å². The van der Waals surface area contributed by atoms with E-state index in [0.29, 0.717) is 77.4 Å². The van der Waals surface area contributed by atoms with Gasteiger partial charge in [0.1, 0.15) is 30.2 Å². The van der Waals surface area contributed by atoms with E-state index in [2.05, 4.69) is 5.32 Å². The zero-order chi connectivity index (χ0) is 38.9. The minimum absolute atomic E-state index is 0.189. The van der Waals surface area contributed by atoms with E-state index in [0.717, 1.165) is 11.1 Å². The van der Waals surface area contributed by atoms with Gasteiger partial charge in [-0.15, -0.1) is 0 Å². The SMILES string of the molecule is CCC(C)[C@H](NC(=O)[C@H](N)Cc1ccccc1)C(=O)N1CCC[C@@H]1C(=O)N1CCCC[C@H]1C(=O)N(C)[C@H](Cc1ccccc1)C(=O)N1CCC[C@H]1C(=O)O. The Labute approximate surface area is 318 Å². The molecule has 0 saturated carbocycles. The van der Waals surface area contributed by atoms with Gasteiger partial charge < -0.3 is 35.8 Å². The summed E-state index contributed by atoms with van der Waals surface area (Å²) in [6.45, 7) is 4.79. The van der Waals surface area contributed by atoms with E-state index in [1.54, 1.807) is 16.8 Å². The fourth-order valence-electron chi connectivity index (χ4n) is 8.11. The zero-order valence-electron chi connectivity index (χ0n) is 31.8. The number of nitrogens with two attached hydrogens (primary N) is 1. The number of nitrogens with one attached hydrogen (secondary N) is 1. The van der Waals surface area contributed by atoms with Crippen molar-refractivity contribution in [1.82, 2.24) is 24.9 Å². The number of carboxylic acids is 1. The number of benzene rings is 2. The van der Waals surface area contributed by atoms with Crippen LogP contribution in [0.3, 0.4) is 0 Å². The van der Waals surface area contributed by atoms with Crippen LogP contribution in [0.5, 0.6) is 0 Å². The molecule has 0 radical (unpaired) electrons. The predicted octanol–water partition coefficient (Wildman–Crippen LogP) is 2.60. The maximum atomic E-state index is 14.5. The fraction of sp³-hybridized carbons (Fsp3) is 0.561.